The summed E-state index contributed by atoms with van der Waals surface area (Å²) in [6.45, 7) is 0. The number of halogens is 1. The van der Waals surface area contributed by atoms with Crippen molar-refractivity contribution < 1.29 is 19.0 Å². The number of phenols is 1. The number of carbonyl (C=O) groups is 1. The molecule has 154 valence electrons. The van der Waals surface area contributed by atoms with Crippen LogP contribution in [0, 0.1) is 5.82 Å². The molecule has 0 unspecified atom stereocenters. The van der Waals surface area contributed by atoms with Gasteiger partial charge in [0, 0.05) is 18.1 Å². The summed E-state index contributed by atoms with van der Waals surface area (Å²) < 4.78 is 18.2. The molecule has 0 aliphatic carbocycles. The quantitative estimate of drug-likeness (QED) is 0.426. The Labute approximate surface area is 175 Å². The molecule has 2 aromatic carbocycles. The van der Waals surface area contributed by atoms with Crippen molar-refractivity contribution >= 4 is 23.5 Å². The summed E-state index contributed by atoms with van der Waals surface area (Å²) in [6, 6.07) is 10.8. The lowest BCUT2D eigenvalue weighted by atomic mass is 9.86. The maximum atomic E-state index is 13.0. The predicted octanol–water partition coefficient (Wildman–Crippen LogP) is 3.39. The summed E-state index contributed by atoms with van der Waals surface area (Å²) >= 11 is 1.28. The lowest BCUT2D eigenvalue weighted by molar-refractivity contribution is -0.116. The number of ether oxygens (including phenoxy) is 1. The Kier molecular flexibility index (Phi) is 5.45. The highest BCUT2D eigenvalue weighted by Crippen LogP contribution is 2.38. The number of thioether (sulfide) groups is 1. The topological polar surface area (TPSA) is 104 Å². The molecule has 0 bridgehead atoms. The van der Waals surface area contributed by atoms with E-state index in [9.17, 15) is 19.1 Å². The Hall–Kier alpha value is -3.33. The largest absolute Gasteiger partial charge is 0.504 e. The Morgan fingerprint density at radius 1 is 1.23 bits per heavy atom. The first kappa shape index (κ1) is 20.0. The van der Waals surface area contributed by atoms with Crippen molar-refractivity contribution in [3.8, 4) is 11.5 Å². The molecule has 3 aromatic rings. The van der Waals surface area contributed by atoms with Gasteiger partial charge in [0.05, 0.1) is 12.7 Å². The molecule has 0 radical (unpaired) electrons. The number of nitrogens with one attached hydrogen (secondary N) is 2. The molecule has 2 heterocycles. The molecule has 0 spiro atoms. The number of rotatable bonds is 5. The zero-order chi connectivity index (χ0) is 21.3. The van der Waals surface area contributed by atoms with Gasteiger partial charge in [-0.05, 0) is 35.4 Å². The van der Waals surface area contributed by atoms with Crippen molar-refractivity contribution in [1.82, 2.24) is 9.97 Å². The summed E-state index contributed by atoms with van der Waals surface area (Å²) in [6.07, 6.45) is 0.0771. The second-order valence-corrected chi connectivity index (χ2v) is 7.75. The Morgan fingerprint density at radius 2 is 2.00 bits per heavy atom. The number of phenolic OH excluding ortho intramolecular Hbond substituents is 1. The standard InChI is InChI=1S/C21H18FN3O4S/c1-29-16-8-12(4-7-15(16)26)14-9-17(27)23-19-18(14)20(28)25-21(24-19)30-10-11-2-5-13(22)6-3-11/h2-8,14,26H,9-10H2,1H3,(H2,23,24,25,27,28)/t14-/m1/s1. The summed E-state index contributed by atoms with van der Waals surface area (Å²) in [5, 5.41) is 12.9. The number of fused-ring (bicyclic) bond motifs is 1. The number of amides is 1. The first-order chi connectivity index (χ1) is 14.4. The molecule has 9 heteroatoms. The predicted molar refractivity (Wildman–Crippen MR) is 111 cm³/mol. The number of benzene rings is 2. The molecule has 4 rings (SSSR count). The highest BCUT2D eigenvalue weighted by Gasteiger charge is 2.31. The number of H-pyrrole nitrogens is 1. The monoisotopic (exact) mass is 427 g/mol. The van der Waals surface area contributed by atoms with Gasteiger partial charge in [0.1, 0.15) is 11.6 Å². The van der Waals surface area contributed by atoms with Gasteiger partial charge in [0.15, 0.2) is 16.7 Å². The van der Waals surface area contributed by atoms with Gasteiger partial charge >= 0.3 is 0 Å². The molecular formula is C21H18FN3O4S. The van der Waals surface area contributed by atoms with Gasteiger partial charge < -0.3 is 20.1 Å². The number of anilines is 1. The third-order valence-corrected chi connectivity index (χ3v) is 5.77. The fourth-order valence-corrected chi connectivity index (χ4v) is 4.16. The average molecular weight is 427 g/mol. The molecule has 0 saturated carbocycles. The van der Waals surface area contributed by atoms with Crippen molar-refractivity contribution in [2.75, 3.05) is 12.4 Å². The molecule has 0 fully saturated rings. The van der Waals surface area contributed by atoms with Crippen LogP contribution in [-0.4, -0.2) is 28.1 Å². The second kappa shape index (κ2) is 8.19. The van der Waals surface area contributed by atoms with Crippen LogP contribution in [0.15, 0.2) is 52.4 Å². The van der Waals surface area contributed by atoms with E-state index in [1.807, 2.05) is 0 Å². The van der Waals surface area contributed by atoms with Crippen molar-refractivity contribution in [1.29, 1.82) is 0 Å². The summed E-state index contributed by atoms with van der Waals surface area (Å²) in [7, 11) is 1.43. The SMILES string of the molecule is COc1cc([C@H]2CC(=O)Nc3nc(SCc4ccc(F)cc4)[nH]c(=O)c32)ccc1O. The smallest absolute Gasteiger partial charge is 0.257 e. The van der Waals surface area contributed by atoms with E-state index in [1.165, 1.54) is 37.1 Å². The normalized spacial score (nSPS) is 15.4. The maximum Gasteiger partial charge on any atom is 0.257 e. The van der Waals surface area contributed by atoms with Gasteiger partial charge in [-0.2, -0.15) is 0 Å². The third kappa shape index (κ3) is 4.02. The van der Waals surface area contributed by atoms with Gasteiger partial charge in [-0.3, -0.25) is 9.59 Å². The second-order valence-electron chi connectivity index (χ2n) is 6.78. The molecule has 7 nitrogen and oxygen atoms in total. The molecule has 1 atom stereocenters. The van der Waals surface area contributed by atoms with E-state index < -0.39 is 5.92 Å². The van der Waals surface area contributed by atoms with E-state index in [0.29, 0.717) is 22.0 Å². The van der Waals surface area contributed by atoms with Crippen molar-refractivity contribution in [3.63, 3.8) is 0 Å². The number of aromatic hydroxyl groups is 1. The van der Waals surface area contributed by atoms with Crippen LogP contribution in [0.5, 0.6) is 11.5 Å². The lowest BCUT2D eigenvalue weighted by Crippen LogP contribution is -2.31. The minimum Gasteiger partial charge on any atom is -0.504 e. The highest BCUT2D eigenvalue weighted by atomic mass is 32.2. The number of carbonyl (C=O) groups excluding carboxylic acids is 1. The highest BCUT2D eigenvalue weighted by molar-refractivity contribution is 7.98. The van der Waals surface area contributed by atoms with E-state index in [-0.39, 0.29) is 41.0 Å². The van der Waals surface area contributed by atoms with Crippen LogP contribution >= 0.6 is 11.8 Å². The van der Waals surface area contributed by atoms with E-state index in [0.717, 1.165) is 5.56 Å². The van der Waals surface area contributed by atoms with E-state index in [1.54, 1.807) is 24.3 Å². The maximum absolute atomic E-state index is 13.0. The van der Waals surface area contributed by atoms with Crippen LogP contribution in [0.2, 0.25) is 0 Å². The minimum absolute atomic E-state index is 0.0266. The van der Waals surface area contributed by atoms with E-state index in [4.69, 9.17) is 4.74 Å². The molecule has 3 N–H and O–H groups in total. The Bertz CT molecular complexity index is 1160. The zero-order valence-corrected chi connectivity index (χ0v) is 16.8. The van der Waals surface area contributed by atoms with E-state index in [2.05, 4.69) is 15.3 Å². The molecule has 0 saturated heterocycles. The van der Waals surface area contributed by atoms with Crippen LogP contribution in [0.1, 0.15) is 29.0 Å². The number of aromatic amines is 1. The van der Waals surface area contributed by atoms with Crippen LogP contribution in [0.4, 0.5) is 10.2 Å². The van der Waals surface area contributed by atoms with Crippen LogP contribution in [0.3, 0.4) is 0 Å². The fourth-order valence-electron chi connectivity index (χ4n) is 3.35. The molecular weight excluding hydrogens is 409 g/mol. The first-order valence-electron chi connectivity index (χ1n) is 9.13. The van der Waals surface area contributed by atoms with E-state index >= 15 is 0 Å². The van der Waals surface area contributed by atoms with Crippen molar-refractivity contribution in [3.05, 3.63) is 75.3 Å². The van der Waals surface area contributed by atoms with Crippen LogP contribution in [-0.2, 0) is 10.5 Å². The number of hydrogen-bond acceptors (Lipinski definition) is 6. The van der Waals surface area contributed by atoms with Gasteiger partial charge in [-0.1, -0.05) is 30.0 Å². The van der Waals surface area contributed by atoms with Gasteiger partial charge in [0.2, 0.25) is 5.91 Å². The number of hydrogen-bond donors (Lipinski definition) is 3. The van der Waals surface area contributed by atoms with Gasteiger partial charge in [-0.25, -0.2) is 9.37 Å². The fraction of sp³-hybridized carbons (Fsp3) is 0.190. The number of methoxy groups -OCH3 is 1. The van der Waals surface area contributed by atoms with Gasteiger partial charge in [0.25, 0.3) is 5.56 Å². The minimum atomic E-state index is -0.518. The molecule has 1 aliphatic rings. The zero-order valence-electron chi connectivity index (χ0n) is 15.9. The van der Waals surface area contributed by atoms with Gasteiger partial charge in [-0.15, -0.1) is 0 Å². The summed E-state index contributed by atoms with van der Waals surface area (Å²) in [4.78, 5) is 32.3. The Morgan fingerprint density at radius 3 is 2.73 bits per heavy atom. The molecule has 1 aliphatic heterocycles. The van der Waals surface area contributed by atoms with Crippen LogP contribution < -0.4 is 15.6 Å². The van der Waals surface area contributed by atoms with Crippen LogP contribution in [0.25, 0.3) is 0 Å². The first-order valence-corrected chi connectivity index (χ1v) is 10.1. The van der Waals surface area contributed by atoms with Crippen molar-refractivity contribution in [2.24, 2.45) is 0 Å². The molecule has 1 amide bonds. The third-order valence-electron chi connectivity index (χ3n) is 4.82. The number of nitrogens with zero attached hydrogens (tertiary/aromatic N) is 1. The summed E-state index contributed by atoms with van der Waals surface area (Å²) in [5.74, 6) is -0.161. The number of aromatic nitrogens is 2. The van der Waals surface area contributed by atoms with Crippen molar-refractivity contribution in [2.45, 2.75) is 23.2 Å². The summed E-state index contributed by atoms with van der Waals surface area (Å²) in [5.41, 5.74) is 1.55. The lowest BCUT2D eigenvalue weighted by Gasteiger charge is -2.25. The molecule has 30 heavy (non-hydrogen) atoms. The Balaban J connectivity index is 1.66. The average Bonchev–Trinajstić information content (AvgIpc) is 2.73. The molecule has 1 aromatic heterocycles.